The first-order valence-electron chi connectivity index (χ1n) is 9.53. The first-order valence-corrected chi connectivity index (χ1v) is 10.3. The van der Waals surface area contributed by atoms with Crippen molar-refractivity contribution in [3.63, 3.8) is 0 Å². The second kappa shape index (κ2) is 11.3. The van der Waals surface area contributed by atoms with Gasteiger partial charge in [-0.3, -0.25) is 4.79 Å². The Labute approximate surface area is 180 Å². The molecule has 152 valence electrons. The Bertz CT molecular complexity index is 901. The van der Waals surface area contributed by atoms with E-state index in [4.69, 9.17) is 9.47 Å². The first-order chi connectivity index (χ1) is 14.0. The van der Waals surface area contributed by atoms with E-state index in [9.17, 15) is 10.1 Å². The highest BCUT2D eigenvalue weighted by Gasteiger charge is 2.13. The van der Waals surface area contributed by atoms with E-state index in [0.29, 0.717) is 30.3 Å². The molecule has 5 nitrogen and oxygen atoms in total. The first kappa shape index (κ1) is 22.5. The Balaban J connectivity index is 2.19. The molecule has 29 heavy (non-hydrogen) atoms. The molecule has 0 spiro atoms. The Morgan fingerprint density at radius 2 is 1.90 bits per heavy atom. The quantitative estimate of drug-likeness (QED) is 0.413. The van der Waals surface area contributed by atoms with Crippen LogP contribution in [0.3, 0.4) is 0 Å². The molecule has 1 atom stereocenters. The minimum Gasteiger partial charge on any atom is -0.490 e. The highest BCUT2D eigenvalue weighted by atomic mass is 79.9. The third kappa shape index (κ3) is 6.95. The van der Waals surface area contributed by atoms with Crippen molar-refractivity contribution in [1.82, 2.24) is 5.32 Å². The monoisotopic (exact) mass is 456 g/mol. The summed E-state index contributed by atoms with van der Waals surface area (Å²) in [5.74, 6) is 0.794. The van der Waals surface area contributed by atoms with Crippen molar-refractivity contribution in [1.29, 1.82) is 5.26 Å². The molecule has 0 fully saturated rings. The number of hydrogen-bond acceptors (Lipinski definition) is 4. The number of nitrogens with zero attached hydrogens (tertiary/aromatic N) is 1. The number of benzene rings is 2. The van der Waals surface area contributed by atoms with Gasteiger partial charge in [-0.25, -0.2) is 0 Å². The summed E-state index contributed by atoms with van der Waals surface area (Å²) in [6, 6.07) is 15.2. The Kier molecular flexibility index (Phi) is 8.75. The van der Waals surface area contributed by atoms with E-state index in [1.807, 2.05) is 51.1 Å². The van der Waals surface area contributed by atoms with Crippen molar-refractivity contribution < 1.29 is 14.3 Å². The fraction of sp³-hybridized carbons (Fsp3) is 0.304. The van der Waals surface area contributed by atoms with E-state index in [2.05, 4.69) is 21.2 Å². The predicted octanol–water partition coefficient (Wildman–Crippen LogP) is 5.25. The van der Waals surface area contributed by atoms with E-state index in [-0.39, 0.29) is 17.5 Å². The van der Waals surface area contributed by atoms with E-state index in [1.165, 1.54) is 0 Å². The normalized spacial score (nSPS) is 12.0. The number of halogens is 1. The molecule has 0 aliphatic heterocycles. The van der Waals surface area contributed by atoms with Crippen LogP contribution in [0.4, 0.5) is 0 Å². The molecule has 1 amide bonds. The van der Waals surface area contributed by atoms with Gasteiger partial charge in [0.2, 0.25) is 0 Å². The van der Waals surface area contributed by atoms with Gasteiger partial charge in [0.25, 0.3) is 5.91 Å². The lowest BCUT2D eigenvalue weighted by Gasteiger charge is -2.13. The smallest absolute Gasteiger partial charge is 0.262 e. The van der Waals surface area contributed by atoms with Crippen LogP contribution >= 0.6 is 15.9 Å². The summed E-state index contributed by atoms with van der Waals surface area (Å²) in [4.78, 5) is 12.2. The molecule has 1 N–H and O–H groups in total. The number of carbonyl (C=O) groups is 1. The lowest BCUT2D eigenvalue weighted by Crippen LogP contribution is -2.32. The number of nitrogens with one attached hydrogen (secondary N) is 1. The average molecular weight is 457 g/mol. The standard InChI is InChI=1S/C23H25BrN2O3/c1-4-16(3)26-23(27)19(14-25)12-18-8-11-21(22(13-18)28-5-2)29-15-17-6-9-20(24)10-7-17/h6-13,16H,4-5,15H2,1-3H3,(H,26,27)/b19-12+/t16-/m0/s1. The molecule has 6 heteroatoms. The second-order valence-electron chi connectivity index (χ2n) is 6.51. The van der Waals surface area contributed by atoms with Gasteiger partial charge in [0, 0.05) is 10.5 Å². The Morgan fingerprint density at radius 1 is 1.17 bits per heavy atom. The molecule has 2 rings (SSSR count). The fourth-order valence-corrected chi connectivity index (χ4v) is 2.73. The second-order valence-corrected chi connectivity index (χ2v) is 7.42. The highest BCUT2D eigenvalue weighted by Crippen LogP contribution is 2.30. The predicted molar refractivity (Wildman–Crippen MR) is 118 cm³/mol. The molecule has 0 radical (unpaired) electrons. The molecule has 0 heterocycles. The SMILES string of the molecule is CCOc1cc(/C=C(\C#N)C(=O)N[C@@H](C)CC)ccc1OCc1ccc(Br)cc1. The molecule has 0 aliphatic carbocycles. The van der Waals surface area contributed by atoms with Crippen molar-refractivity contribution in [2.45, 2.75) is 39.8 Å². The van der Waals surface area contributed by atoms with Gasteiger partial charge >= 0.3 is 0 Å². The fourth-order valence-electron chi connectivity index (χ4n) is 2.46. The summed E-state index contributed by atoms with van der Waals surface area (Å²) in [6.07, 6.45) is 2.35. The molecule has 0 aliphatic rings. The van der Waals surface area contributed by atoms with E-state index >= 15 is 0 Å². The van der Waals surface area contributed by atoms with Crippen LogP contribution in [0, 0.1) is 11.3 Å². The van der Waals surface area contributed by atoms with Crippen LogP contribution in [0.5, 0.6) is 11.5 Å². The van der Waals surface area contributed by atoms with E-state index in [1.54, 1.807) is 24.3 Å². The lowest BCUT2D eigenvalue weighted by atomic mass is 10.1. The molecule has 0 saturated carbocycles. The van der Waals surface area contributed by atoms with Crippen LogP contribution in [-0.2, 0) is 11.4 Å². The van der Waals surface area contributed by atoms with Gasteiger partial charge in [-0.15, -0.1) is 0 Å². The minimum absolute atomic E-state index is 0.00706. The minimum atomic E-state index is -0.379. The van der Waals surface area contributed by atoms with Crippen LogP contribution in [-0.4, -0.2) is 18.6 Å². The molecule has 2 aromatic rings. The van der Waals surface area contributed by atoms with Crippen LogP contribution in [0.2, 0.25) is 0 Å². The average Bonchev–Trinajstić information content (AvgIpc) is 2.72. The van der Waals surface area contributed by atoms with Crippen molar-refractivity contribution in [2.75, 3.05) is 6.61 Å². The zero-order chi connectivity index (χ0) is 21.2. The van der Waals surface area contributed by atoms with Gasteiger partial charge in [0.15, 0.2) is 11.5 Å². The van der Waals surface area contributed by atoms with Crippen molar-refractivity contribution in [3.05, 3.63) is 63.6 Å². The van der Waals surface area contributed by atoms with Crippen molar-refractivity contribution in [3.8, 4) is 17.6 Å². The van der Waals surface area contributed by atoms with Crippen LogP contribution in [0.25, 0.3) is 6.08 Å². The van der Waals surface area contributed by atoms with Gasteiger partial charge in [0.05, 0.1) is 6.61 Å². The van der Waals surface area contributed by atoms with Gasteiger partial charge in [-0.2, -0.15) is 5.26 Å². The summed E-state index contributed by atoms with van der Waals surface area (Å²) in [7, 11) is 0. The van der Waals surface area contributed by atoms with E-state index in [0.717, 1.165) is 16.5 Å². The summed E-state index contributed by atoms with van der Waals surface area (Å²) in [6.45, 7) is 6.64. The van der Waals surface area contributed by atoms with Gasteiger partial charge < -0.3 is 14.8 Å². The number of rotatable bonds is 9. The van der Waals surface area contributed by atoms with Gasteiger partial charge in [-0.05, 0) is 61.7 Å². The number of ether oxygens (including phenoxy) is 2. The topological polar surface area (TPSA) is 71.3 Å². The summed E-state index contributed by atoms with van der Waals surface area (Å²) in [5, 5.41) is 12.2. The van der Waals surface area contributed by atoms with Crippen molar-refractivity contribution >= 4 is 27.9 Å². The zero-order valence-electron chi connectivity index (χ0n) is 16.9. The molecule has 2 aromatic carbocycles. The molecule has 0 unspecified atom stereocenters. The Hall–Kier alpha value is -2.78. The number of hydrogen-bond donors (Lipinski definition) is 1. The van der Waals surface area contributed by atoms with E-state index < -0.39 is 0 Å². The number of carbonyl (C=O) groups excluding carboxylic acids is 1. The summed E-state index contributed by atoms with van der Waals surface area (Å²) in [5.41, 5.74) is 1.78. The van der Waals surface area contributed by atoms with Gasteiger partial charge in [0.1, 0.15) is 18.2 Å². The molecule has 0 saturated heterocycles. The summed E-state index contributed by atoms with van der Waals surface area (Å²) < 4.78 is 12.6. The third-order valence-corrected chi connectivity index (χ3v) is 4.77. The maximum Gasteiger partial charge on any atom is 0.262 e. The largest absolute Gasteiger partial charge is 0.490 e. The molecule has 0 aromatic heterocycles. The van der Waals surface area contributed by atoms with Crippen LogP contribution in [0.1, 0.15) is 38.3 Å². The highest BCUT2D eigenvalue weighted by molar-refractivity contribution is 9.10. The van der Waals surface area contributed by atoms with Crippen LogP contribution in [0.15, 0.2) is 52.5 Å². The summed E-state index contributed by atoms with van der Waals surface area (Å²) >= 11 is 3.42. The third-order valence-electron chi connectivity index (χ3n) is 4.24. The van der Waals surface area contributed by atoms with Crippen LogP contribution < -0.4 is 14.8 Å². The molecule has 0 bridgehead atoms. The maximum absolute atomic E-state index is 12.2. The number of nitriles is 1. The maximum atomic E-state index is 12.2. The molecular weight excluding hydrogens is 432 g/mol. The Morgan fingerprint density at radius 3 is 2.52 bits per heavy atom. The van der Waals surface area contributed by atoms with Gasteiger partial charge in [-0.1, -0.05) is 41.1 Å². The van der Waals surface area contributed by atoms with Crippen molar-refractivity contribution in [2.24, 2.45) is 0 Å². The number of amides is 1. The molecular formula is C23H25BrN2O3. The lowest BCUT2D eigenvalue weighted by molar-refractivity contribution is -0.117. The zero-order valence-corrected chi connectivity index (χ0v) is 18.5.